The molecule has 6 rings (SSSR count). The lowest BCUT2D eigenvalue weighted by atomic mass is 9.89. The minimum Gasteiger partial charge on any atom is -0.346 e. The molecule has 3 aromatic heterocycles. The van der Waals surface area contributed by atoms with E-state index in [4.69, 9.17) is 0 Å². The van der Waals surface area contributed by atoms with E-state index in [1.165, 1.54) is 17.6 Å². The number of ketones is 1. The second-order valence-corrected chi connectivity index (χ2v) is 12.3. The lowest BCUT2D eigenvalue weighted by Gasteiger charge is -2.29. The molecule has 1 aliphatic carbocycles. The standard InChI is InChI=1S/C32H22F9N5O2S/c1-14(47)19-9-16(2-3-21(19)35)20-11-23-30(42-13-49-23)44-26(20)22(8-15-6-17(33)10-18(34)7-15)43-24(48)12-46-28-25(27(45-46)29(36)37)31(38,39)4-5-32(28,40)41/h2-3,6-7,9-11,13,22,29H,4-5,8,12H2,1H3,(H,43,48)/t22-/m0/s1. The summed E-state index contributed by atoms with van der Waals surface area (Å²) in [5, 5.41) is 5.78. The first kappa shape index (κ1) is 34.1. The summed E-state index contributed by atoms with van der Waals surface area (Å²) in [6.07, 6.45) is -6.87. The monoisotopic (exact) mass is 711 g/mol. The van der Waals surface area contributed by atoms with Gasteiger partial charge in [0.2, 0.25) is 5.91 Å². The van der Waals surface area contributed by atoms with Gasteiger partial charge in [-0.1, -0.05) is 6.07 Å². The zero-order chi connectivity index (χ0) is 35.4. The zero-order valence-electron chi connectivity index (χ0n) is 25.0. The second kappa shape index (κ2) is 12.6. The molecule has 5 aromatic rings. The van der Waals surface area contributed by atoms with Gasteiger partial charge in [0, 0.05) is 24.5 Å². The van der Waals surface area contributed by atoms with Crippen LogP contribution in [0.5, 0.6) is 0 Å². The number of pyridine rings is 1. The molecule has 2 aromatic carbocycles. The molecule has 1 aliphatic rings. The van der Waals surface area contributed by atoms with Crippen molar-refractivity contribution in [2.75, 3.05) is 0 Å². The molecule has 3 heterocycles. The molecule has 0 saturated carbocycles. The fourth-order valence-electron chi connectivity index (χ4n) is 5.86. The molecule has 1 N–H and O–H groups in total. The Kier molecular flexibility index (Phi) is 8.75. The fraction of sp³-hybridized carbons (Fsp3) is 0.281. The first-order valence-electron chi connectivity index (χ1n) is 14.5. The Labute approximate surface area is 274 Å². The van der Waals surface area contributed by atoms with E-state index in [2.05, 4.69) is 20.4 Å². The largest absolute Gasteiger partial charge is 0.346 e. The van der Waals surface area contributed by atoms with Crippen molar-refractivity contribution in [2.24, 2.45) is 0 Å². The maximum Gasteiger partial charge on any atom is 0.290 e. The van der Waals surface area contributed by atoms with Crippen LogP contribution in [0.3, 0.4) is 0 Å². The number of hydrogen-bond acceptors (Lipinski definition) is 6. The maximum atomic E-state index is 15.0. The van der Waals surface area contributed by atoms with Crippen molar-refractivity contribution in [3.8, 4) is 11.1 Å². The Morgan fingerprint density at radius 3 is 2.33 bits per heavy atom. The Hall–Kier alpha value is -4.80. The van der Waals surface area contributed by atoms with E-state index < -0.39 is 96.2 Å². The van der Waals surface area contributed by atoms with Crippen LogP contribution >= 0.6 is 11.3 Å². The third-order valence-corrected chi connectivity index (χ3v) is 8.75. The molecule has 0 radical (unpaired) electrons. The maximum absolute atomic E-state index is 15.0. The number of alkyl halides is 6. The Morgan fingerprint density at radius 1 is 0.959 bits per heavy atom. The minimum absolute atomic E-state index is 0.0138. The molecule has 0 saturated heterocycles. The van der Waals surface area contributed by atoms with Gasteiger partial charge in [-0.15, -0.1) is 11.3 Å². The van der Waals surface area contributed by atoms with Gasteiger partial charge in [0.15, 0.2) is 11.4 Å². The lowest BCUT2D eigenvalue weighted by Crippen LogP contribution is -2.37. The Bertz CT molecular complexity index is 2090. The fourth-order valence-corrected chi connectivity index (χ4v) is 6.52. The number of fused-ring (bicyclic) bond motifs is 2. The summed E-state index contributed by atoms with van der Waals surface area (Å²) < 4.78 is 131. The summed E-state index contributed by atoms with van der Waals surface area (Å²) in [5.74, 6) is -12.7. The summed E-state index contributed by atoms with van der Waals surface area (Å²) in [5.41, 5.74) is -3.02. The van der Waals surface area contributed by atoms with Gasteiger partial charge in [0.05, 0.1) is 33.1 Å². The van der Waals surface area contributed by atoms with Gasteiger partial charge in [0.1, 0.15) is 35.4 Å². The Morgan fingerprint density at radius 2 is 1.65 bits per heavy atom. The number of nitrogens with zero attached hydrogens (tertiary/aromatic N) is 4. The van der Waals surface area contributed by atoms with E-state index in [1.807, 2.05) is 0 Å². The number of aromatic nitrogens is 4. The highest BCUT2D eigenvalue weighted by Crippen LogP contribution is 2.52. The number of amides is 1. The number of benzene rings is 2. The van der Waals surface area contributed by atoms with Gasteiger partial charge in [-0.2, -0.15) is 13.9 Å². The van der Waals surface area contributed by atoms with Crippen molar-refractivity contribution < 1.29 is 49.1 Å². The molecule has 0 bridgehead atoms. The molecule has 7 nitrogen and oxygen atoms in total. The molecule has 1 amide bonds. The molecule has 0 spiro atoms. The molecular weight excluding hydrogens is 689 g/mol. The third kappa shape index (κ3) is 6.63. The Balaban J connectivity index is 1.46. The normalized spacial score (nSPS) is 15.7. The molecule has 256 valence electrons. The molecular formula is C32H22F9N5O2S. The van der Waals surface area contributed by atoms with Crippen LogP contribution in [0.25, 0.3) is 21.5 Å². The van der Waals surface area contributed by atoms with Crippen LogP contribution in [-0.2, 0) is 29.6 Å². The first-order chi connectivity index (χ1) is 23.0. The van der Waals surface area contributed by atoms with E-state index in [0.717, 1.165) is 36.5 Å². The highest BCUT2D eigenvalue weighted by Gasteiger charge is 2.55. The van der Waals surface area contributed by atoms with Crippen molar-refractivity contribution >= 4 is 33.4 Å². The summed E-state index contributed by atoms with van der Waals surface area (Å²) in [7, 11) is 0. The summed E-state index contributed by atoms with van der Waals surface area (Å²) in [6, 6.07) is 6.28. The van der Waals surface area contributed by atoms with E-state index in [9.17, 15) is 49.1 Å². The summed E-state index contributed by atoms with van der Waals surface area (Å²) >= 11 is 1.16. The van der Waals surface area contributed by atoms with E-state index in [0.29, 0.717) is 10.8 Å². The van der Waals surface area contributed by atoms with Crippen LogP contribution in [-0.4, -0.2) is 31.4 Å². The quantitative estimate of drug-likeness (QED) is 0.123. The minimum atomic E-state index is -4.07. The lowest BCUT2D eigenvalue weighted by molar-refractivity contribution is -0.123. The molecule has 1 atom stereocenters. The first-order valence-corrected chi connectivity index (χ1v) is 15.4. The third-order valence-electron chi connectivity index (χ3n) is 7.98. The number of carbonyl (C=O) groups is 2. The van der Waals surface area contributed by atoms with Crippen molar-refractivity contribution in [1.29, 1.82) is 0 Å². The smallest absolute Gasteiger partial charge is 0.290 e. The molecule has 0 aliphatic heterocycles. The molecule has 0 fully saturated rings. The van der Waals surface area contributed by atoms with E-state index in [1.54, 1.807) is 6.07 Å². The molecule has 0 unspecified atom stereocenters. The number of rotatable bonds is 9. The SMILES string of the molecule is CC(=O)c1cc(-c2cc3scnc3nc2[C@H](Cc2cc(F)cc(F)c2)NC(=O)Cn2nc(C(F)F)c3c2C(F)(F)CCC3(F)F)ccc1F. The topological polar surface area (TPSA) is 89.8 Å². The van der Waals surface area contributed by atoms with Crippen LogP contribution in [0, 0.1) is 17.5 Å². The summed E-state index contributed by atoms with van der Waals surface area (Å²) in [6.45, 7) is -0.0871. The average molecular weight is 712 g/mol. The van der Waals surface area contributed by atoms with Gasteiger partial charge >= 0.3 is 0 Å². The number of carbonyl (C=O) groups excluding carboxylic acids is 2. The number of Topliss-reactive ketones (excluding diaryl/α,β-unsaturated/α-hetero) is 1. The van der Waals surface area contributed by atoms with Crippen molar-refractivity contribution in [2.45, 2.75) is 57.0 Å². The van der Waals surface area contributed by atoms with Gasteiger partial charge in [-0.25, -0.2) is 40.7 Å². The highest BCUT2D eigenvalue weighted by atomic mass is 32.1. The van der Waals surface area contributed by atoms with Crippen LogP contribution in [0.1, 0.15) is 70.8 Å². The van der Waals surface area contributed by atoms with Gasteiger partial charge in [-0.05, 0) is 54.8 Å². The zero-order valence-corrected chi connectivity index (χ0v) is 25.8. The van der Waals surface area contributed by atoms with Crippen molar-refractivity contribution in [1.82, 2.24) is 25.1 Å². The van der Waals surface area contributed by atoms with Gasteiger partial charge in [-0.3, -0.25) is 14.3 Å². The van der Waals surface area contributed by atoms with Crippen LogP contribution in [0.15, 0.2) is 48.0 Å². The van der Waals surface area contributed by atoms with Gasteiger partial charge < -0.3 is 5.32 Å². The highest BCUT2D eigenvalue weighted by molar-refractivity contribution is 7.16. The second-order valence-electron chi connectivity index (χ2n) is 11.4. The van der Waals surface area contributed by atoms with Crippen LogP contribution < -0.4 is 5.32 Å². The van der Waals surface area contributed by atoms with Crippen molar-refractivity contribution in [3.05, 3.63) is 99.2 Å². The molecule has 49 heavy (non-hydrogen) atoms. The number of halogens is 9. The van der Waals surface area contributed by atoms with Crippen LogP contribution in [0.4, 0.5) is 39.5 Å². The van der Waals surface area contributed by atoms with Crippen LogP contribution in [0.2, 0.25) is 0 Å². The average Bonchev–Trinajstić information content (AvgIpc) is 3.64. The molecule has 17 heteroatoms. The summed E-state index contributed by atoms with van der Waals surface area (Å²) in [4.78, 5) is 34.4. The number of hydrogen-bond donors (Lipinski definition) is 1. The van der Waals surface area contributed by atoms with Gasteiger partial charge in [0.25, 0.3) is 18.3 Å². The van der Waals surface area contributed by atoms with E-state index in [-0.39, 0.29) is 38.3 Å². The predicted octanol–water partition coefficient (Wildman–Crippen LogP) is 8.19. The number of nitrogens with one attached hydrogen (secondary N) is 1. The number of thiazole rings is 1. The van der Waals surface area contributed by atoms with E-state index >= 15 is 0 Å². The predicted molar refractivity (Wildman–Crippen MR) is 158 cm³/mol. The van der Waals surface area contributed by atoms with Crippen molar-refractivity contribution in [3.63, 3.8) is 0 Å².